The lowest BCUT2D eigenvalue weighted by atomic mass is 9.53. The normalized spacial score (nSPS) is 27.4. The highest BCUT2D eigenvalue weighted by atomic mass is 16.6. The zero-order chi connectivity index (χ0) is 18.8. The van der Waals surface area contributed by atoms with Gasteiger partial charge in [0.25, 0.3) is 0 Å². The first-order valence-corrected chi connectivity index (χ1v) is 8.30. The van der Waals surface area contributed by atoms with Crippen LogP contribution in [0.2, 0.25) is 0 Å². The number of carbonyl (C=O) groups excluding carboxylic acids is 1. The lowest BCUT2D eigenvalue weighted by Crippen LogP contribution is -2.56. The van der Waals surface area contributed by atoms with Gasteiger partial charge in [0, 0.05) is 24.9 Å². The van der Waals surface area contributed by atoms with Crippen LogP contribution >= 0.6 is 0 Å². The molecule has 0 bridgehead atoms. The van der Waals surface area contributed by atoms with Crippen molar-refractivity contribution >= 4 is 11.8 Å². The number of hydrogen-bond donors (Lipinski definition) is 1. The van der Waals surface area contributed by atoms with Crippen molar-refractivity contribution in [3.63, 3.8) is 0 Å². The van der Waals surface area contributed by atoms with Crippen molar-refractivity contribution in [3.05, 3.63) is 11.6 Å². The molecule has 1 fully saturated rings. The molecule has 0 radical (unpaired) electrons. The van der Waals surface area contributed by atoms with Gasteiger partial charge in [0.15, 0.2) is 5.41 Å². The first kappa shape index (κ1) is 18.5. The Hall–Kier alpha value is -2.85. The van der Waals surface area contributed by atoms with Crippen LogP contribution < -0.4 is 0 Å². The van der Waals surface area contributed by atoms with Crippen LogP contribution in [0.5, 0.6) is 0 Å². The summed E-state index contributed by atoms with van der Waals surface area (Å²) in [5, 5.41) is 37.4. The molecule has 2 rings (SSSR count). The second-order valence-electron chi connectivity index (χ2n) is 6.69. The first-order valence-electron chi connectivity index (χ1n) is 8.30. The highest BCUT2D eigenvalue weighted by molar-refractivity contribution is 6.00. The summed E-state index contributed by atoms with van der Waals surface area (Å²) in [7, 11) is 0. The quantitative estimate of drug-likeness (QED) is 0.774. The molecule has 2 aliphatic rings. The zero-order valence-corrected chi connectivity index (χ0v) is 14.6. The molecule has 0 aromatic heterocycles. The molecule has 1 unspecified atom stereocenters. The average Bonchev–Trinajstić information content (AvgIpc) is 2.60. The minimum Gasteiger partial charge on any atom is -0.450 e. The molecule has 1 N–H and O–H groups in total. The third kappa shape index (κ3) is 2.75. The Kier molecular flexibility index (Phi) is 5.14. The number of amides is 1. The Morgan fingerprint density at radius 3 is 2.56 bits per heavy atom. The lowest BCUT2D eigenvalue weighted by Gasteiger charge is -2.48. The van der Waals surface area contributed by atoms with Crippen LogP contribution in [0, 0.1) is 68.5 Å². The summed E-state index contributed by atoms with van der Waals surface area (Å²) < 4.78 is 5.06. The van der Waals surface area contributed by atoms with E-state index in [1.807, 2.05) is 26.0 Å². The summed E-state index contributed by atoms with van der Waals surface area (Å²) in [6.45, 7) is 6.36. The summed E-state index contributed by atoms with van der Waals surface area (Å²) in [6.07, 6.45) is 1.33. The second kappa shape index (κ2) is 6.95. The molecule has 0 aromatic carbocycles. The van der Waals surface area contributed by atoms with Crippen molar-refractivity contribution in [2.45, 2.75) is 20.8 Å². The van der Waals surface area contributed by atoms with Crippen molar-refractivity contribution in [3.8, 4) is 18.2 Å². The zero-order valence-electron chi connectivity index (χ0n) is 14.6. The predicted octanol–water partition coefficient (Wildman–Crippen LogP) is 2.48. The smallest absolute Gasteiger partial charge is 0.410 e. The minimum absolute atomic E-state index is 0.0742. The van der Waals surface area contributed by atoms with E-state index in [-0.39, 0.29) is 30.7 Å². The molecule has 1 saturated carbocycles. The Morgan fingerprint density at radius 1 is 1.44 bits per heavy atom. The predicted molar refractivity (Wildman–Crippen MR) is 89.0 cm³/mol. The van der Waals surface area contributed by atoms with E-state index >= 15 is 0 Å². The SMILES string of the molecule is CCOC(=O)N1CC=C2C(C#N)C(=N)C(C#N)(C#N)[C@@H](C(C)C)[C@@H]2C1. The minimum atomic E-state index is -1.66. The molecule has 7 heteroatoms. The molecular weight excluding hydrogens is 318 g/mol. The molecule has 25 heavy (non-hydrogen) atoms. The van der Waals surface area contributed by atoms with Gasteiger partial charge in [-0.2, -0.15) is 15.8 Å². The lowest BCUT2D eigenvalue weighted by molar-refractivity contribution is 0.0859. The van der Waals surface area contributed by atoms with E-state index in [0.29, 0.717) is 6.54 Å². The van der Waals surface area contributed by atoms with Crippen LogP contribution in [0.3, 0.4) is 0 Å². The fourth-order valence-electron chi connectivity index (χ4n) is 4.07. The van der Waals surface area contributed by atoms with Crippen molar-refractivity contribution < 1.29 is 9.53 Å². The van der Waals surface area contributed by atoms with Gasteiger partial charge in [-0.1, -0.05) is 19.9 Å². The van der Waals surface area contributed by atoms with E-state index < -0.39 is 23.3 Å². The molecule has 7 nitrogen and oxygen atoms in total. The highest BCUT2D eigenvalue weighted by Crippen LogP contribution is 2.51. The number of hydrogen-bond acceptors (Lipinski definition) is 6. The van der Waals surface area contributed by atoms with Crippen molar-refractivity contribution in [2.75, 3.05) is 19.7 Å². The van der Waals surface area contributed by atoms with Gasteiger partial charge >= 0.3 is 6.09 Å². The molecule has 1 heterocycles. The third-order valence-electron chi connectivity index (χ3n) is 5.10. The fraction of sp³-hybridized carbons (Fsp3) is 0.611. The van der Waals surface area contributed by atoms with E-state index in [4.69, 9.17) is 10.1 Å². The second-order valence-corrected chi connectivity index (χ2v) is 6.69. The average molecular weight is 339 g/mol. The molecule has 1 aliphatic heterocycles. The maximum absolute atomic E-state index is 12.1. The van der Waals surface area contributed by atoms with Crippen LogP contribution in [0.15, 0.2) is 11.6 Å². The van der Waals surface area contributed by atoms with Gasteiger partial charge in [0.1, 0.15) is 5.92 Å². The molecular formula is C18H21N5O2. The van der Waals surface area contributed by atoms with Crippen LogP contribution in [0.4, 0.5) is 4.79 Å². The molecule has 1 amide bonds. The number of nitriles is 3. The van der Waals surface area contributed by atoms with Crippen LogP contribution in [-0.4, -0.2) is 36.4 Å². The fourth-order valence-corrected chi connectivity index (χ4v) is 4.07. The van der Waals surface area contributed by atoms with Gasteiger partial charge in [-0.05, 0) is 18.4 Å². The van der Waals surface area contributed by atoms with Gasteiger partial charge in [-0.3, -0.25) is 0 Å². The largest absolute Gasteiger partial charge is 0.450 e. The molecule has 3 atom stereocenters. The van der Waals surface area contributed by atoms with Gasteiger partial charge in [-0.25, -0.2) is 4.79 Å². The number of fused-ring (bicyclic) bond motifs is 1. The highest BCUT2D eigenvalue weighted by Gasteiger charge is 2.58. The molecule has 0 spiro atoms. The number of carbonyl (C=O) groups is 1. The number of nitrogens with one attached hydrogen (secondary N) is 1. The van der Waals surface area contributed by atoms with E-state index in [0.717, 1.165) is 5.57 Å². The maximum atomic E-state index is 12.1. The summed E-state index contributed by atoms with van der Waals surface area (Å²) in [4.78, 5) is 13.6. The van der Waals surface area contributed by atoms with Gasteiger partial charge < -0.3 is 15.0 Å². The molecule has 0 saturated heterocycles. The van der Waals surface area contributed by atoms with E-state index in [1.165, 1.54) is 4.90 Å². The third-order valence-corrected chi connectivity index (χ3v) is 5.10. The van der Waals surface area contributed by atoms with Crippen LogP contribution in [-0.2, 0) is 4.74 Å². The van der Waals surface area contributed by atoms with Crippen molar-refractivity contribution in [1.82, 2.24) is 4.90 Å². The Morgan fingerprint density at radius 2 is 2.08 bits per heavy atom. The van der Waals surface area contributed by atoms with Crippen LogP contribution in [0.25, 0.3) is 0 Å². The first-order chi connectivity index (χ1) is 11.9. The van der Waals surface area contributed by atoms with E-state index in [2.05, 4.69) is 6.07 Å². The van der Waals surface area contributed by atoms with Crippen molar-refractivity contribution in [2.24, 2.45) is 29.1 Å². The molecule has 130 valence electrons. The van der Waals surface area contributed by atoms with Gasteiger partial charge in [0.05, 0.1) is 30.5 Å². The van der Waals surface area contributed by atoms with Crippen LogP contribution in [0.1, 0.15) is 20.8 Å². The monoisotopic (exact) mass is 339 g/mol. The summed E-state index contributed by atoms with van der Waals surface area (Å²) in [6, 6.07) is 6.11. The number of rotatable bonds is 2. The van der Waals surface area contributed by atoms with Crippen molar-refractivity contribution in [1.29, 1.82) is 21.2 Å². The van der Waals surface area contributed by atoms with E-state index in [9.17, 15) is 20.6 Å². The topological polar surface area (TPSA) is 125 Å². The summed E-state index contributed by atoms with van der Waals surface area (Å²) in [5.74, 6) is -1.77. The number of nitrogens with zero attached hydrogens (tertiary/aromatic N) is 4. The summed E-state index contributed by atoms with van der Waals surface area (Å²) in [5.41, 5.74) is -1.06. The number of ether oxygens (including phenoxy) is 1. The Labute approximate surface area is 147 Å². The Balaban J connectivity index is 2.56. The standard InChI is InChI=1S/C18H21N5O2/c1-4-25-17(24)23-6-5-12-13(7-19)16(22)18(9-20,10-21)15(11(2)3)14(12)8-23/h5,11,13-15,22H,4,6,8H2,1-3H3/t13?,14-,15+/m1/s1. The molecule has 0 aromatic rings. The van der Waals surface area contributed by atoms with Gasteiger partial charge in [0.2, 0.25) is 0 Å². The van der Waals surface area contributed by atoms with E-state index in [1.54, 1.807) is 13.0 Å². The Bertz CT molecular complexity index is 720. The maximum Gasteiger partial charge on any atom is 0.410 e. The molecule has 1 aliphatic carbocycles. The van der Waals surface area contributed by atoms with Gasteiger partial charge in [-0.15, -0.1) is 0 Å². The summed E-state index contributed by atoms with van der Waals surface area (Å²) >= 11 is 0.